The summed E-state index contributed by atoms with van der Waals surface area (Å²) in [6.45, 7) is 0. The van der Waals surface area contributed by atoms with Crippen molar-refractivity contribution in [2.45, 2.75) is 37.5 Å². The Labute approximate surface area is 204 Å². The number of hydrogen-bond donors (Lipinski definition) is 4. The van der Waals surface area contributed by atoms with Gasteiger partial charge in [0.2, 0.25) is 11.6 Å². The second-order valence-electron chi connectivity index (χ2n) is 7.95. The molecule has 0 aromatic carbocycles. The molecule has 2 saturated carbocycles. The Kier molecular flexibility index (Phi) is 7.81. The number of nitrogen functional groups attached to an aromatic ring is 4. The molecule has 2 aliphatic rings. The smallest absolute Gasteiger partial charge is 0.311 e. The van der Waals surface area contributed by atoms with Crippen LogP contribution in [0.4, 0.5) is 34.5 Å². The molecule has 3 aromatic rings. The molecule has 0 bridgehead atoms. The summed E-state index contributed by atoms with van der Waals surface area (Å²) in [4.78, 5) is 31.1. The van der Waals surface area contributed by atoms with Gasteiger partial charge in [0.15, 0.2) is 0 Å². The number of rotatable bonds is 4. The van der Waals surface area contributed by atoms with Gasteiger partial charge in [-0.1, -0.05) is 11.6 Å². The average Bonchev–Trinajstić information content (AvgIpc) is 3.69. The van der Waals surface area contributed by atoms with Crippen LogP contribution in [0.3, 0.4) is 0 Å². The van der Waals surface area contributed by atoms with Crippen LogP contribution in [-0.4, -0.2) is 24.8 Å². The standard InChI is InChI=1S/C8H9N3O2.C8H11N3.C5H4ClN3O2/c9-8-7(11(12)13)4-3-6(10-8)5-1-2-5;9-6-3-4-7(5-1-2-5)11-8(6)10;6-4-2-1-3(9(10)11)5(7)8-4/h3-5H,1-2H2,(H2,9,10);3-5H,1-2,9H2,(H2,10,11);1-2H,(H2,7,8). The predicted octanol–water partition coefficient (Wildman–Crippen LogP) is 3.80. The fourth-order valence-electron chi connectivity index (χ4n) is 2.95. The normalized spacial score (nSPS) is 14.1. The average molecular weight is 502 g/mol. The highest BCUT2D eigenvalue weighted by atomic mass is 35.5. The highest BCUT2D eigenvalue weighted by Gasteiger charge is 2.27. The highest BCUT2D eigenvalue weighted by molar-refractivity contribution is 6.29. The summed E-state index contributed by atoms with van der Waals surface area (Å²) in [6, 6.07) is 9.43. The molecule has 5 rings (SSSR count). The largest absolute Gasteiger partial charge is 0.396 e. The van der Waals surface area contributed by atoms with Crippen molar-refractivity contribution in [1.29, 1.82) is 0 Å². The molecule has 35 heavy (non-hydrogen) atoms. The van der Waals surface area contributed by atoms with E-state index in [0.717, 1.165) is 24.2 Å². The lowest BCUT2D eigenvalue weighted by Gasteiger charge is -2.00. The van der Waals surface area contributed by atoms with Crippen molar-refractivity contribution in [3.63, 3.8) is 0 Å². The molecule has 13 nitrogen and oxygen atoms in total. The van der Waals surface area contributed by atoms with Gasteiger partial charge in [0.1, 0.15) is 11.0 Å². The minimum absolute atomic E-state index is 0.0226. The van der Waals surface area contributed by atoms with Gasteiger partial charge in [-0.15, -0.1) is 0 Å². The Morgan fingerprint density at radius 1 is 0.686 bits per heavy atom. The van der Waals surface area contributed by atoms with Crippen LogP contribution < -0.4 is 22.9 Å². The van der Waals surface area contributed by atoms with Gasteiger partial charge in [-0.3, -0.25) is 20.2 Å². The van der Waals surface area contributed by atoms with Crippen LogP contribution in [0.25, 0.3) is 0 Å². The summed E-state index contributed by atoms with van der Waals surface area (Å²) < 4.78 is 0. The van der Waals surface area contributed by atoms with E-state index in [9.17, 15) is 20.2 Å². The van der Waals surface area contributed by atoms with Crippen LogP contribution in [-0.2, 0) is 0 Å². The van der Waals surface area contributed by atoms with Gasteiger partial charge < -0.3 is 22.9 Å². The Bertz CT molecular complexity index is 1250. The Balaban J connectivity index is 0.000000148. The van der Waals surface area contributed by atoms with Crippen LogP contribution in [0.5, 0.6) is 0 Å². The second-order valence-corrected chi connectivity index (χ2v) is 8.34. The molecule has 8 N–H and O–H groups in total. The first-order valence-electron chi connectivity index (χ1n) is 10.6. The fourth-order valence-corrected chi connectivity index (χ4v) is 3.10. The monoisotopic (exact) mass is 501 g/mol. The number of nitro groups is 2. The molecule has 0 radical (unpaired) electrons. The minimum atomic E-state index is -0.612. The van der Waals surface area contributed by atoms with E-state index in [2.05, 4.69) is 15.0 Å². The molecule has 14 heteroatoms. The van der Waals surface area contributed by atoms with Crippen molar-refractivity contribution < 1.29 is 9.85 Å². The van der Waals surface area contributed by atoms with Gasteiger partial charge in [0.25, 0.3) is 0 Å². The molecular formula is C21H24ClN9O4. The predicted molar refractivity (Wildman–Crippen MR) is 133 cm³/mol. The Morgan fingerprint density at radius 2 is 1.11 bits per heavy atom. The van der Waals surface area contributed by atoms with Gasteiger partial charge in [-0.25, -0.2) is 15.0 Å². The highest BCUT2D eigenvalue weighted by Crippen LogP contribution is 2.40. The van der Waals surface area contributed by atoms with E-state index in [0.29, 0.717) is 23.3 Å². The summed E-state index contributed by atoms with van der Waals surface area (Å²) >= 11 is 5.41. The molecule has 3 aromatic heterocycles. The number of hydrogen-bond acceptors (Lipinski definition) is 11. The van der Waals surface area contributed by atoms with E-state index in [-0.39, 0.29) is 28.2 Å². The Hall–Kier alpha value is -4.26. The van der Waals surface area contributed by atoms with E-state index in [1.54, 1.807) is 6.07 Å². The van der Waals surface area contributed by atoms with Crippen molar-refractivity contribution in [3.05, 3.63) is 73.2 Å². The zero-order valence-electron chi connectivity index (χ0n) is 18.5. The van der Waals surface area contributed by atoms with E-state index >= 15 is 0 Å². The molecule has 3 heterocycles. The molecule has 0 spiro atoms. The van der Waals surface area contributed by atoms with Gasteiger partial charge in [-0.2, -0.15) is 0 Å². The molecule has 2 aliphatic carbocycles. The summed E-state index contributed by atoms with van der Waals surface area (Å²) in [7, 11) is 0. The molecule has 2 fully saturated rings. The third-order valence-corrected chi connectivity index (χ3v) is 5.37. The maximum Gasteiger partial charge on any atom is 0.311 e. The van der Waals surface area contributed by atoms with Crippen LogP contribution >= 0.6 is 11.6 Å². The number of pyridine rings is 3. The molecule has 0 aliphatic heterocycles. The molecule has 0 saturated heterocycles. The van der Waals surface area contributed by atoms with Gasteiger partial charge in [0, 0.05) is 35.4 Å². The van der Waals surface area contributed by atoms with Crippen LogP contribution in [0.15, 0.2) is 36.4 Å². The maximum atomic E-state index is 10.4. The van der Waals surface area contributed by atoms with Crippen LogP contribution in [0.2, 0.25) is 5.15 Å². The van der Waals surface area contributed by atoms with E-state index < -0.39 is 9.85 Å². The van der Waals surface area contributed by atoms with Crippen molar-refractivity contribution in [3.8, 4) is 0 Å². The van der Waals surface area contributed by atoms with E-state index in [1.807, 2.05) is 12.1 Å². The van der Waals surface area contributed by atoms with Gasteiger partial charge >= 0.3 is 11.4 Å². The lowest BCUT2D eigenvalue weighted by molar-refractivity contribution is -0.384. The zero-order chi connectivity index (χ0) is 25.7. The SMILES string of the molecule is Nc1ccc(C2CC2)nc1N.Nc1nc(C2CC2)ccc1[N+](=O)[O-].Nc1nc(Cl)ccc1[N+](=O)[O-]. The number of nitrogens with two attached hydrogens (primary N) is 4. The summed E-state index contributed by atoms with van der Waals surface area (Å²) in [5.74, 6) is 1.45. The summed E-state index contributed by atoms with van der Waals surface area (Å²) in [6.07, 6.45) is 4.72. The fraction of sp³-hybridized carbons (Fsp3) is 0.286. The van der Waals surface area contributed by atoms with Crippen LogP contribution in [0.1, 0.15) is 48.9 Å². The molecule has 0 amide bonds. The molecular weight excluding hydrogens is 478 g/mol. The van der Waals surface area contributed by atoms with Crippen LogP contribution in [0, 0.1) is 20.2 Å². The Morgan fingerprint density at radius 3 is 1.51 bits per heavy atom. The number of anilines is 4. The molecule has 0 unspecified atom stereocenters. The van der Waals surface area contributed by atoms with Crippen molar-refractivity contribution in [1.82, 2.24) is 15.0 Å². The van der Waals surface area contributed by atoms with Gasteiger partial charge in [0.05, 0.1) is 15.5 Å². The second kappa shape index (κ2) is 10.8. The topological polar surface area (TPSA) is 229 Å². The lowest BCUT2D eigenvalue weighted by atomic mass is 10.2. The van der Waals surface area contributed by atoms with Crippen molar-refractivity contribution in [2.24, 2.45) is 0 Å². The van der Waals surface area contributed by atoms with Crippen molar-refractivity contribution in [2.75, 3.05) is 22.9 Å². The van der Waals surface area contributed by atoms with Gasteiger partial charge in [-0.05, 0) is 49.9 Å². The lowest BCUT2D eigenvalue weighted by Crippen LogP contribution is -2.00. The maximum absolute atomic E-state index is 10.4. The number of nitrogens with zero attached hydrogens (tertiary/aromatic N) is 5. The molecule has 184 valence electrons. The van der Waals surface area contributed by atoms with Crippen molar-refractivity contribution >= 4 is 46.1 Å². The zero-order valence-corrected chi connectivity index (χ0v) is 19.3. The molecule has 0 atom stereocenters. The van der Waals surface area contributed by atoms with E-state index in [1.165, 1.54) is 31.0 Å². The quantitative estimate of drug-likeness (QED) is 0.228. The third-order valence-electron chi connectivity index (χ3n) is 5.16. The summed E-state index contributed by atoms with van der Waals surface area (Å²) in [5.41, 5.74) is 23.9. The third kappa shape index (κ3) is 7.11. The van der Waals surface area contributed by atoms with E-state index in [4.69, 9.17) is 34.5 Å². The number of halogens is 1. The first-order valence-corrected chi connectivity index (χ1v) is 10.9. The first-order chi connectivity index (χ1) is 16.6. The first kappa shape index (κ1) is 25.4. The minimum Gasteiger partial charge on any atom is -0.396 e. The number of aromatic nitrogens is 3. The summed E-state index contributed by atoms with van der Waals surface area (Å²) in [5, 5.41) is 20.7.